The molecule has 0 fully saturated rings. The molecule has 0 unspecified atom stereocenters. The van der Waals surface area contributed by atoms with Crippen molar-refractivity contribution in [3.8, 4) is 0 Å². The molecular formula is C21H16Cl2N4O2S. The molecule has 30 heavy (non-hydrogen) atoms. The largest absolute Gasteiger partial charge is 0.337 e. The predicted octanol–water partition coefficient (Wildman–Crippen LogP) is 5.79. The number of nitrogens with one attached hydrogen (secondary N) is 2. The second-order valence-corrected chi connectivity index (χ2v) is 9.08. The van der Waals surface area contributed by atoms with Crippen molar-refractivity contribution in [3.05, 3.63) is 82.3 Å². The van der Waals surface area contributed by atoms with Crippen molar-refractivity contribution in [1.82, 2.24) is 9.97 Å². The van der Waals surface area contributed by atoms with Crippen LogP contribution in [0.4, 0.5) is 17.3 Å². The molecule has 0 aliphatic heterocycles. The summed E-state index contributed by atoms with van der Waals surface area (Å²) in [7, 11) is -3.87. The summed E-state index contributed by atoms with van der Waals surface area (Å²) in [5, 5.41) is 3.84. The number of anilines is 3. The molecule has 0 spiro atoms. The summed E-state index contributed by atoms with van der Waals surface area (Å²) in [5.41, 5.74) is 2.58. The van der Waals surface area contributed by atoms with Crippen LogP contribution in [-0.4, -0.2) is 18.4 Å². The molecule has 0 aliphatic carbocycles. The van der Waals surface area contributed by atoms with Gasteiger partial charge in [0.15, 0.2) is 11.6 Å². The number of hydrogen-bond acceptors (Lipinski definition) is 5. The third-order valence-electron chi connectivity index (χ3n) is 4.28. The Hall–Kier alpha value is -2.87. The molecular weight excluding hydrogens is 443 g/mol. The molecule has 1 heterocycles. The Morgan fingerprint density at radius 2 is 1.50 bits per heavy atom. The van der Waals surface area contributed by atoms with Gasteiger partial charge in [0, 0.05) is 5.69 Å². The van der Waals surface area contributed by atoms with E-state index in [1.165, 1.54) is 6.07 Å². The monoisotopic (exact) mass is 458 g/mol. The lowest BCUT2D eigenvalue weighted by atomic mass is 10.2. The summed E-state index contributed by atoms with van der Waals surface area (Å²) in [6.07, 6.45) is 0. The van der Waals surface area contributed by atoms with Crippen LogP contribution in [0.2, 0.25) is 10.0 Å². The first-order chi connectivity index (χ1) is 14.3. The number of halogens is 2. The molecule has 152 valence electrons. The zero-order chi connectivity index (χ0) is 21.3. The van der Waals surface area contributed by atoms with Crippen molar-refractivity contribution in [2.24, 2.45) is 0 Å². The van der Waals surface area contributed by atoms with Crippen molar-refractivity contribution in [2.45, 2.75) is 11.8 Å². The first kappa shape index (κ1) is 20.4. The van der Waals surface area contributed by atoms with Crippen molar-refractivity contribution in [2.75, 3.05) is 10.0 Å². The van der Waals surface area contributed by atoms with Gasteiger partial charge in [-0.3, -0.25) is 4.72 Å². The van der Waals surface area contributed by atoms with Gasteiger partial charge in [-0.15, -0.1) is 0 Å². The van der Waals surface area contributed by atoms with Crippen molar-refractivity contribution < 1.29 is 8.42 Å². The Bertz CT molecular complexity index is 1360. The van der Waals surface area contributed by atoms with E-state index >= 15 is 0 Å². The van der Waals surface area contributed by atoms with E-state index in [0.29, 0.717) is 26.8 Å². The minimum atomic E-state index is -3.87. The van der Waals surface area contributed by atoms with E-state index in [9.17, 15) is 8.42 Å². The molecule has 0 aliphatic rings. The average molecular weight is 459 g/mol. The summed E-state index contributed by atoms with van der Waals surface area (Å²) in [6.45, 7) is 1.83. The third kappa shape index (κ3) is 4.33. The van der Waals surface area contributed by atoms with Crippen LogP contribution >= 0.6 is 23.2 Å². The molecule has 9 heteroatoms. The number of aryl methyl sites for hydroxylation is 1. The smallest absolute Gasteiger partial charge is 0.263 e. The van der Waals surface area contributed by atoms with Crippen LogP contribution in [0.15, 0.2) is 71.6 Å². The molecule has 6 nitrogen and oxygen atoms in total. The van der Waals surface area contributed by atoms with Gasteiger partial charge in [-0.2, -0.15) is 0 Å². The molecule has 0 saturated heterocycles. The predicted molar refractivity (Wildman–Crippen MR) is 121 cm³/mol. The van der Waals surface area contributed by atoms with Gasteiger partial charge in [0.05, 0.1) is 26.0 Å². The molecule has 0 amide bonds. The number of sulfonamides is 1. The molecule has 4 aromatic rings. The average Bonchev–Trinajstić information content (AvgIpc) is 2.71. The van der Waals surface area contributed by atoms with E-state index in [0.717, 1.165) is 5.56 Å². The Labute approximate surface area is 183 Å². The third-order valence-corrected chi connectivity index (χ3v) is 6.36. The number of nitrogens with zero attached hydrogens (tertiary/aromatic N) is 2. The van der Waals surface area contributed by atoms with Crippen LogP contribution in [0.3, 0.4) is 0 Å². The van der Waals surface area contributed by atoms with Gasteiger partial charge in [0.25, 0.3) is 10.0 Å². The maximum Gasteiger partial charge on any atom is 0.263 e. The summed E-state index contributed by atoms with van der Waals surface area (Å²) < 4.78 is 28.4. The van der Waals surface area contributed by atoms with Crippen LogP contribution in [0.5, 0.6) is 0 Å². The van der Waals surface area contributed by atoms with Crippen molar-refractivity contribution in [3.63, 3.8) is 0 Å². The van der Waals surface area contributed by atoms with E-state index in [4.69, 9.17) is 23.2 Å². The van der Waals surface area contributed by atoms with Gasteiger partial charge >= 0.3 is 0 Å². The number of aromatic nitrogens is 2. The fourth-order valence-corrected chi connectivity index (χ4v) is 4.25. The van der Waals surface area contributed by atoms with Crippen molar-refractivity contribution >= 4 is 61.6 Å². The molecule has 0 saturated carbocycles. The minimum absolute atomic E-state index is 0.0706. The second-order valence-electron chi connectivity index (χ2n) is 6.59. The van der Waals surface area contributed by atoms with E-state index in [-0.39, 0.29) is 16.5 Å². The topological polar surface area (TPSA) is 84.0 Å². The van der Waals surface area contributed by atoms with E-state index in [1.807, 2.05) is 25.1 Å². The van der Waals surface area contributed by atoms with Gasteiger partial charge in [0.2, 0.25) is 0 Å². The lowest BCUT2D eigenvalue weighted by Gasteiger charge is -2.14. The van der Waals surface area contributed by atoms with Gasteiger partial charge in [0.1, 0.15) is 0 Å². The van der Waals surface area contributed by atoms with E-state index in [1.54, 1.807) is 42.5 Å². The molecule has 1 aromatic heterocycles. The van der Waals surface area contributed by atoms with Crippen LogP contribution < -0.4 is 10.0 Å². The Balaban J connectivity index is 1.79. The van der Waals surface area contributed by atoms with Crippen molar-refractivity contribution in [1.29, 1.82) is 0 Å². The maximum absolute atomic E-state index is 12.9. The van der Waals surface area contributed by atoms with Crippen LogP contribution in [0.1, 0.15) is 5.56 Å². The van der Waals surface area contributed by atoms with E-state index < -0.39 is 10.0 Å². The van der Waals surface area contributed by atoms with Gasteiger partial charge < -0.3 is 5.32 Å². The quantitative estimate of drug-likeness (QED) is 0.395. The highest BCUT2D eigenvalue weighted by Crippen LogP contribution is 2.30. The molecule has 0 atom stereocenters. The summed E-state index contributed by atoms with van der Waals surface area (Å²) in [5.74, 6) is 0.310. The Kier molecular flexibility index (Phi) is 5.51. The highest BCUT2D eigenvalue weighted by atomic mass is 35.5. The standard InChI is InChI=1S/C21H16Cl2N4O2S/c1-13-5-4-6-15(11-13)30(28,29)27-21-20(24-14-9-10-16(22)17(23)12-14)25-18-7-2-3-8-19(18)26-21/h2-12H,1H3,(H,24,25)(H,26,27). The first-order valence-electron chi connectivity index (χ1n) is 8.90. The number of benzene rings is 3. The van der Waals surface area contributed by atoms with Gasteiger partial charge in [-0.25, -0.2) is 18.4 Å². The minimum Gasteiger partial charge on any atom is -0.337 e. The zero-order valence-corrected chi connectivity index (χ0v) is 18.1. The first-order valence-corrected chi connectivity index (χ1v) is 11.1. The second kappa shape index (κ2) is 8.10. The van der Waals surface area contributed by atoms with E-state index in [2.05, 4.69) is 20.0 Å². The number of fused-ring (bicyclic) bond motifs is 1. The van der Waals surface area contributed by atoms with Crippen LogP contribution in [-0.2, 0) is 10.0 Å². The number of para-hydroxylation sites is 2. The summed E-state index contributed by atoms with van der Waals surface area (Å²) >= 11 is 12.1. The Morgan fingerprint density at radius 1 is 0.800 bits per heavy atom. The molecule has 4 rings (SSSR count). The van der Waals surface area contributed by atoms with Crippen LogP contribution in [0.25, 0.3) is 11.0 Å². The van der Waals surface area contributed by atoms with Crippen LogP contribution in [0, 0.1) is 6.92 Å². The van der Waals surface area contributed by atoms with Gasteiger partial charge in [-0.1, -0.05) is 47.5 Å². The molecule has 2 N–H and O–H groups in total. The normalized spacial score (nSPS) is 11.4. The highest BCUT2D eigenvalue weighted by molar-refractivity contribution is 7.92. The summed E-state index contributed by atoms with van der Waals surface area (Å²) in [6, 6.07) is 18.8. The fraction of sp³-hybridized carbons (Fsp3) is 0.0476. The number of hydrogen-bond donors (Lipinski definition) is 2. The molecule has 3 aromatic carbocycles. The molecule has 0 bridgehead atoms. The number of rotatable bonds is 5. The van der Waals surface area contributed by atoms with Gasteiger partial charge in [-0.05, 0) is 55.0 Å². The SMILES string of the molecule is Cc1cccc(S(=O)(=O)Nc2nc3ccccc3nc2Nc2ccc(Cl)c(Cl)c2)c1. The lowest BCUT2D eigenvalue weighted by molar-refractivity contribution is 0.601. The Morgan fingerprint density at radius 3 is 2.17 bits per heavy atom. The lowest BCUT2D eigenvalue weighted by Crippen LogP contribution is -2.16. The zero-order valence-electron chi connectivity index (χ0n) is 15.7. The fourth-order valence-electron chi connectivity index (χ4n) is 2.84. The highest BCUT2D eigenvalue weighted by Gasteiger charge is 2.19. The maximum atomic E-state index is 12.9. The molecule has 0 radical (unpaired) electrons. The summed E-state index contributed by atoms with van der Waals surface area (Å²) in [4.78, 5) is 9.15.